The predicted molar refractivity (Wildman–Crippen MR) is 83.7 cm³/mol. The second kappa shape index (κ2) is 5.83. The minimum absolute atomic E-state index is 0.170. The first-order valence-corrected chi connectivity index (χ1v) is 6.72. The number of nitrogens with two attached hydrogens (primary N) is 1. The van der Waals surface area contributed by atoms with E-state index < -0.39 is 5.97 Å². The van der Waals surface area contributed by atoms with Crippen molar-refractivity contribution in [2.45, 2.75) is 0 Å². The van der Waals surface area contributed by atoms with Crippen LogP contribution in [0.4, 0.5) is 11.6 Å². The van der Waals surface area contributed by atoms with E-state index in [0.29, 0.717) is 21.6 Å². The summed E-state index contributed by atoms with van der Waals surface area (Å²) >= 11 is 11.9. The van der Waals surface area contributed by atoms with Crippen molar-refractivity contribution >= 4 is 40.8 Å². The molecule has 0 saturated carbocycles. The average molecular weight is 329 g/mol. The van der Waals surface area contributed by atoms with Gasteiger partial charge in [-0.2, -0.15) is 0 Å². The lowest BCUT2D eigenvalue weighted by Crippen LogP contribution is -2.14. The Labute approximate surface area is 132 Å². The third-order valence-corrected chi connectivity index (χ3v) is 3.60. The van der Waals surface area contributed by atoms with Gasteiger partial charge in [-0.15, -0.1) is 5.10 Å². The van der Waals surface area contributed by atoms with Gasteiger partial charge in [-0.3, -0.25) is 0 Å². The van der Waals surface area contributed by atoms with Crippen molar-refractivity contribution in [2.75, 3.05) is 31.8 Å². The SMILES string of the molecule is COC(=O)c1c(N(C)C)nn(-c2ccc(Cl)c(Cl)c2)c1N. The van der Waals surface area contributed by atoms with Crippen molar-refractivity contribution in [3.05, 3.63) is 33.8 Å². The molecule has 0 atom stereocenters. The summed E-state index contributed by atoms with van der Waals surface area (Å²) in [7, 11) is 4.80. The maximum atomic E-state index is 11.9. The molecule has 1 heterocycles. The minimum atomic E-state index is -0.553. The number of carbonyl (C=O) groups is 1. The first-order chi connectivity index (χ1) is 9.86. The van der Waals surface area contributed by atoms with Gasteiger partial charge in [0.15, 0.2) is 5.82 Å². The highest BCUT2D eigenvalue weighted by Crippen LogP contribution is 2.30. The fourth-order valence-electron chi connectivity index (χ4n) is 1.84. The fourth-order valence-corrected chi connectivity index (χ4v) is 2.14. The minimum Gasteiger partial charge on any atom is -0.465 e. The van der Waals surface area contributed by atoms with E-state index in [1.807, 2.05) is 0 Å². The summed E-state index contributed by atoms with van der Waals surface area (Å²) in [6.45, 7) is 0. The van der Waals surface area contributed by atoms with Crippen LogP contribution in [0.15, 0.2) is 18.2 Å². The van der Waals surface area contributed by atoms with Crippen molar-refractivity contribution in [3.63, 3.8) is 0 Å². The lowest BCUT2D eigenvalue weighted by atomic mass is 10.2. The summed E-state index contributed by atoms with van der Waals surface area (Å²) < 4.78 is 6.17. The molecule has 2 rings (SSSR count). The molecule has 0 bridgehead atoms. The summed E-state index contributed by atoms with van der Waals surface area (Å²) in [5.41, 5.74) is 6.84. The lowest BCUT2D eigenvalue weighted by molar-refractivity contribution is 0.0602. The molecule has 0 fully saturated rings. The number of nitrogens with zero attached hydrogens (tertiary/aromatic N) is 3. The van der Waals surface area contributed by atoms with Crippen molar-refractivity contribution in [2.24, 2.45) is 0 Å². The molecule has 0 saturated heterocycles. The first-order valence-electron chi connectivity index (χ1n) is 5.96. The number of anilines is 2. The Kier molecular flexibility index (Phi) is 4.29. The summed E-state index contributed by atoms with van der Waals surface area (Å²) in [6, 6.07) is 4.96. The molecule has 0 amide bonds. The van der Waals surface area contributed by atoms with E-state index in [1.54, 1.807) is 37.2 Å². The van der Waals surface area contributed by atoms with Gasteiger partial charge in [0.05, 0.1) is 22.8 Å². The largest absolute Gasteiger partial charge is 0.465 e. The molecule has 8 heteroatoms. The molecule has 6 nitrogen and oxygen atoms in total. The number of aromatic nitrogens is 2. The highest BCUT2D eigenvalue weighted by atomic mass is 35.5. The van der Waals surface area contributed by atoms with E-state index in [-0.39, 0.29) is 11.4 Å². The topological polar surface area (TPSA) is 73.4 Å². The lowest BCUT2D eigenvalue weighted by Gasteiger charge is -2.09. The number of benzene rings is 1. The van der Waals surface area contributed by atoms with Crippen molar-refractivity contribution < 1.29 is 9.53 Å². The smallest absolute Gasteiger partial charge is 0.345 e. The van der Waals surface area contributed by atoms with Gasteiger partial charge in [0.25, 0.3) is 0 Å². The second-order valence-corrected chi connectivity index (χ2v) is 5.29. The number of carbonyl (C=O) groups excluding carboxylic acids is 1. The number of halogens is 2. The number of esters is 1. The van der Waals surface area contributed by atoms with Crippen LogP contribution in [0.5, 0.6) is 0 Å². The normalized spacial score (nSPS) is 10.5. The van der Waals surface area contributed by atoms with Crippen LogP contribution in [-0.4, -0.2) is 37.0 Å². The molecule has 0 aliphatic rings. The van der Waals surface area contributed by atoms with Gasteiger partial charge in [0.1, 0.15) is 11.4 Å². The van der Waals surface area contributed by atoms with Gasteiger partial charge in [-0.1, -0.05) is 23.2 Å². The Morgan fingerprint density at radius 2 is 2.00 bits per heavy atom. The van der Waals surface area contributed by atoms with Crippen LogP contribution in [0.25, 0.3) is 5.69 Å². The monoisotopic (exact) mass is 328 g/mol. The van der Waals surface area contributed by atoms with Crippen LogP contribution in [0.2, 0.25) is 10.0 Å². The van der Waals surface area contributed by atoms with Crippen LogP contribution < -0.4 is 10.6 Å². The quantitative estimate of drug-likeness (QED) is 0.876. The molecule has 1 aromatic carbocycles. The molecule has 2 aromatic rings. The van der Waals surface area contributed by atoms with Gasteiger partial charge in [0, 0.05) is 14.1 Å². The number of hydrogen-bond donors (Lipinski definition) is 1. The van der Waals surface area contributed by atoms with Crippen molar-refractivity contribution in [1.29, 1.82) is 0 Å². The number of hydrogen-bond acceptors (Lipinski definition) is 5. The standard InChI is InChI=1S/C13H14Cl2N4O2/c1-18(2)12-10(13(20)21-3)11(16)19(17-12)7-4-5-8(14)9(15)6-7/h4-6H,16H2,1-3H3. The fraction of sp³-hybridized carbons (Fsp3) is 0.231. The predicted octanol–water partition coefficient (Wildman–Crippen LogP) is 2.61. The molecule has 0 aliphatic carbocycles. The number of methoxy groups -OCH3 is 1. The van der Waals surface area contributed by atoms with Crippen LogP contribution >= 0.6 is 23.2 Å². The summed E-state index contributed by atoms with van der Waals surface area (Å²) in [5.74, 6) is 0.0249. The van der Waals surface area contributed by atoms with E-state index in [9.17, 15) is 4.79 Å². The zero-order valence-corrected chi connectivity index (χ0v) is 13.2. The van der Waals surface area contributed by atoms with Crippen LogP contribution in [0.1, 0.15) is 10.4 Å². The summed E-state index contributed by atoms with van der Waals surface area (Å²) in [4.78, 5) is 13.6. The first kappa shape index (κ1) is 15.5. The summed E-state index contributed by atoms with van der Waals surface area (Å²) in [5, 5.41) is 5.13. The Bertz CT molecular complexity index is 698. The molecule has 1 aromatic heterocycles. The molecule has 0 unspecified atom stereocenters. The van der Waals surface area contributed by atoms with E-state index in [4.69, 9.17) is 33.7 Å². The summed E-state index contributed by atoms with van der Waals surface area (Å²) in [6.07, 6.45) is 0. The van der Waals surface area contributed by atoms with Gasteiger partial charge >= 0.3 is 5.97 Å². The Morgan fingerprint density at radius 1 is 1.33 bits per heavy atom. The molecule has 0 radical (unpaired) electrons. The van der Waals surface area contributed by atoms with Crippen LogP contribution in [0.3, 0.4) is 0 Å². The van der Waals surface area contributed by atoms with E-state index in [0.717, 1.165) is 0 Å². The molecule has 21 heavy (non-hydrogen) atoms. The van der Waals surface area contributed by atoms with Crippen molar-refractivity contribution in [1.82, 2.24) is 9.78 Å². The Hall–Kier alpha value is -1.92. The van der Waals surface area contributed by atoms with Gasteiger partial charge in [0.2, 0.25) is 0 Å². The second-order valence-electron chi connectivity index (χ2n) is 4.48. The number of nitrogen functional groups attached to an aromatic ring is 1. The molecule has 2 N–H and O–H groups in total. The Morgan fingerprint density at radius 3 is 2.52 bits per heavy atom. The van der Waals surface area contributed by atoms with Gasteiger partial charge in [-0.25, -0.2) is 9.48 Å². The van der Waals surface area contributed by atoms with Crippen LogP contribution in [-0.2, 0) is 4.74 Å². The Balaban J connectivity index is 2.64. The van der Waals surface area contributed by atoms with E-state index in [2.05, 4.69) is 5.10 Å². The highest BCUT2D eigenvalue weighted by molar-refractivity contribution is 6.42. The maximum absolute atomic E-state index is 11.9. The third kappa shape index (κ3) is 2.77. The molecular formula is C13H14Cl2N4O2. The van der Waals surface area contributed by atoms with Crippen molar-refractivity contribution in [3.8, 4) is 5.69 Å². The maximum Gasteiger partial charge on any atom is 0.345 e. The zero-order valence-electron chi connectivity index (χ0n) is 11.7. The zero-order chi connectivity index (χ0) is 15.7. The molecule has 112 valence electrons. The molecule has 0 spiro atoms. The molecular weight excluding hydrogens is 315 g/mol. The van der Waals surface area contributed by atoms with E-state index >= 15 is 0 Å². The average Bonchev–Trinajstić information content (AvgIpc) is 2.79. The third-order valence-electron chi connectivity index (χ3n) is 2.86. The molecule has 0 aliphatic heterocycles. The van der Waals surface area contributed by atoms with Gasteiger partial charge in [-0.05, 0) is 18.2 Å². The van der Waals surface area contributed by atoms with Gasteiger partial charge < -0.3 is 15.4 Å². The number of rotatable bonds is 3. The van der Waals surface area contributed by atoms with Crippen LogP contribution in [0, 0.1) is 0 Å². The number of ether oxygens (including phenoxy) is 1. The highest BCUT2D eigenvalue weighted by Gasteiger charge is 2.25. The van der Waals surface area contributed by atoms with E-state index in [1.165, 1.54) is 11.8 Å².